The number of hydrogen-bond acceptors (Lipinski definition) is 3. The zero-order valence-electron chi connectivity index (χ0n) is 16.5. The second-order valence-electron chi connectivity index (χ2n) is 8.08. The minimum absolute atomic E-state index is 0.0164. The maximum absolute atomic E-state index is 13.3. The third kappa shape index (κ3) is 5.29. The van der Waals surface area contributed by atoms with Crippen molar-refractivity contribution in [2.24, 2.45) is 17.3 Å². The van der Waals surface area contributed by atoms with Crippen LogP contribution in [0.15, 0.2) is 11.8 Å². The van der Waals surface area contributed by atoms with Crippen LogP contribution < -0.4 is 0 Å². The van der Waals surface area contributed by atoms with Crippen LogP contribution in [0.2, 0.25) is 0 Å². The average molecular weight is 404 g/mol. The van der Waals surface area contributed by atoms with Gasteiger partial charge in [-0.15, -0.1) is 0 Å². The maximum atomic E-state index is 13.3. The minimum atomic E-state index is -4.36. The summed E-state index contributed by atoms with van der Waals surface area (Å²) in [6.45, 7) is 2.31. The summed E-state index contributed by atoms with van der Waals surface area (Å²) in [5.74, 6) is -2.92. The number of alkyl halides is 3. The highest BCUT2D eigenvalue weighted by molar-refractivity contribution is 6.03. The summed E-state index contributed by atoms with van der Waals surface area (Å²) >= 11 is 0. The quantitative estimate of drug-likeness (QED) is 0.426. The van der Waals surface area contributed by atoms with Crippen LogP contribution in [-0.2, 0) is 14.3 Å². The molecule has 0 saturated heterocycles. The van der Waals surface area contributed by atoms with Gasteiger partial charge in [-0.3, -0.25) is 9.59 Å². The van der Waals surface area contributed by atoms with Crippen molar-refractivity contribution < 1.29 is 32.6 Å². The number of carboxylic acid groups (broad SMARTS) is 1. The fourth-order valence-electron chi connectivity index (χ4n) is 4.54. The van der Waals surface area contributed by atoms with Crippen molar-refractivity contribution in [2.45, 2.75) is 83.7 Å². The molecule has 1 unspecified atom stereocenters. The number of unbranched alkanes of at least 4 members (excludes halogenated alkanes) is 1. The first-order chi connectivity index (χ1) is 13.2. The molecule has 160 valence electrons. The van der Waals surface area contributed by atoms with E-state index < -0.39 is 29.3 Å². The number of allylic oxidation sites excluding steroid dienone is 1. The van der Waals surface area contributed by atoms with Gasteiger partial charge in [0.15, 0.2) is 0 Å². The first-order valence-corrected chi connectivity index (χ1v) is 10.4. The number of ketones is 1. The predicted octanol–water partition coefficient (Wildman–Crippen LogP) is 5.66. The molecule has 2 rings (SSSR count). The van der Waals surface area contributed by atoms with Crippen molar-refractivity contribution in [3.63, 3.8) is 0 Å². The second-order valence-corrected chi connectivity index (χ2v) is 8.08. The molecule has 2 aliphatic rings. The molecule has 7 heteroatoms. The zero-order valence-corrected chi connectivity index (χ0v) is 16.5. The van der Waals surface area contributed by atoms with E-state index in [0.717, 1.165) is 12.8 Å². The summed E-state index contributed by atoms with van der Waals surface area (Å²) in [5, 5.41) is 10.0. The molecule has 1 aliphatic heterocycles. The molecule has 4 nitrogen and oxygen atoms in total. The van der Waals surface area contributed by atoms with Crippen LogP contribution in [0.4, 0.5) is 13.2 Å². The minimum Gasteiger partial charge on any atom is -0.494 e. The highest BCUT2D eigenvalue weighted by Gasteiger charge is 2.52. The standard InChI is InChI=1S/C21H31F3O4/c1-2-3-6-16(21(22,23)24)9-10-18(25)20(19(26)27,15-7-4-5-8-15)13-11-17-12-14-28-17/h12,15-16H,2-11,13-14H2,1H3,(H,26,27)/t16?,20-/m0/s1. The first-order valence-electron chi connectivity index (χ1n) is 10.4. The second kappa shape index (κ2) is 9.79. The maximum Gasteiger partial charge on any atom is 0.391 e. The molecular formula is C21H31F3O4. The van der Waals surface area contributed by atoms with Gasteiger partial charge in [-0.25, -0.2) is 0 Å². The number of hydrogen-bond donors (Lipinski definition) is 1. The Kier molecular flexibility index (Phi) is 7.96. The van der Waals surface area contributed by atoms with E-state index in [4.69, 9.17) is 4.74 Å². The molecule has 1 aliphatic carbocycles. The van der Waals surface area contributed by atoms with Crippen LogP contribution in [0.5, 0.6) is 0 Å². The number of ether oxygens (including phenoxy) is 1. The molecule has 1 saturated carbocycles. The highest BCUT2D eigenvalue weighted by atomic mass is 19.4. The Hall–Kier alpha value is -1.53. The highest BCUT2D eigenvalue weighted by Crippen LogP contribution is 2.46. The van der Waals surface area contributed by atoms with Gasteiger partial charge in [-0.05, 0) is 44.1 Å². The van der Waals surface area contributed by atoms with Gasteiger partial charge in [0.25, 0.3) is 0 Å². The van der Waals surface area contributed by atoms with Crippen molar-refractivity contribution in [1.82, 2.24) is 0 Å². The van der Waals surface area contributed by atoms with Crippen molar-refractivity contribution in [3.8, 4) is 0 Å². The molecule has 1 heterocycles. The van der Waals surface area contributed by atoms with Gasteiger partial charge in [0.2, 0.25) is 0 Å². The van der Waals surface area contributed by atoms with Gasteiger partial charge in [-0.2, -0.15) is 13.2 Å². The van der Waals surface area contributed by atoms with E-state index in [1.807, 2.05) is 13.0 Å². The summed E-state index contributed by atoms with van der Waals surface area (Å²) < 4.78 is 45.2. The molecule has 1 N–H and O–H groups in total. The van der Waals surface area contributed by atoms with E-state index in [0.29, 0.717) is 44.5 Å². The third-order valence-electron chi connectivity index (χ3n) is 6.37. The predicted molar refractivity (Wildman–Crippen MR) is 98.6 cm³/mol. The van der Waals surface area contributed by atoms with Gasteiger partial charge >= 0.3 is 12.1 Å². The topological polar surface area (TPSA) is 63.6 Å². The van der Waals surface area contributed by atoms with E-state index in [-0.39, 0.29) is 31.6 Å². The Labute approximate surface area is 164 Å². The summed E-state index contributed by atoms with van der Waals surface area (Å²) in [6.07, 6.45) is 1.31. The average Bonchev–Trinajstić information content (AvgIpc) is 3.10. The number of carbonyl (C=O) groups excluding carboxylic acids is 1. The Balaban J connectivity index is 2.15. The lowest BCUT2D eigenvalue weighted by Crippen LogP contribution is -2.45. The van der Waals surface area contributed by atoms with Gasteiger partial charge < -0.3 is 9.84 Å². The van der Waals surface area contributed by atoms with Crippen LogP contribution in [0.25, 0.3) is 0 Å². The molecule has 0 aromatic rings. The molecule has 2 atom stereocenters. The van der Waals surface area contributed by atoms with Crippen molar-refractivity contribution >= 4 is 11.8 Å². The first kappa shape index (κ1) is 22.8. The fourth-order valence-corrected chi connectivity index (χ4v) is 4.54. The Bertz CT molecular complexity index is 579. The number of aliphatic carboxylic acids is 1. The molecule has 0 aromatic carbocycles. The number of Topliss-reactive ketones (excluding diaryl/α,β-unsaturated/α-hetero) is 1. The van der Waals surface area contributed by atoms with E-state index in [9.17, 15) is 27.9 Å². The lowest BCUT2D eigenvalue weighted by Gasteiger charge is -2.35. The molecule has 0 spiro atoms. The van der Waals surface area contributed by atoms with Crippen LogP contribution >= 0.6 is 0 Å². The van der Waals surface area contributed by atoms with E-state index >= 15 is 0 Å². The van der Waals surface area contributed by atoms with Crippen LogP contribution in [0.1, 0.15) is 77.6 Å². The monoisotopic (exact) mass is 404 g/mol. The normalized spacial score (nSPS) is 20.6. The van der Waals surface area contributed by atoms with E-state index in [2.05, 4.69) is 0 Å². The molecule has 28 heavy (non-hydrogen) atoms. The fraction of sp³-hybridized carbons (Fsp3) is 0.810. The van der Waals surface area contributed by atoms with Crippen molar-refractivity contribution in [2.75, 3.05) is 6.61 Å². The number of halogens is 3. The molecule has 1 fully saturated rings. The van der Waals surface area contributed by atoms with Gasteiger partial charge in [0, 0.05) is 12.8 Å². The zero-order chi connectivity index (χ0) is 20.8. The Morgan fingerprint density at radius 3 is 2.36 bits per heavy atom. The number of carbonyl (C=O) groups is 2. The van der Waals surface area contributed by atoms with Gasteiger partial charge in [0.05, 0.1) is 11.7 Å². The largest absolute Gasteiger partial charge is 0.494 e. The molecule has 0 amide bonds. The van der Waals surface area contributed by atoms with Gasteiger partial charge in [-0.1, -0.05) is 32.6 Å². The van der Waals surface area contributed by atoms with Crippen LogP contribution in [-0.4, -0.2) is 29.6 Å². The third-order valence-corrected chi connectivity index (χ3v) is 6.37. The summed E-state index contributed by atoms with van der Waals surface area (Å²) in [7, 11) is 0. The molecular weight excluding hydrogens is 373 g/mol. The van der Waals surface area contributed by atoms with E-state index in [1.54, 1.807) is 0 Å². The lowest BCUT2D eigenvalue weighted by molar-refractivity contribution is -0.179. The summed E-state index contributed by atoms with van der Waals surface area (Å²) in [4.78, 5) is 25.4. The molecule has 0 radical (unpaired) electrons. The van der Waals surface area contributed by atoms with Crippen molar-refractivity contribution in [3.05, 3.63) is 11.8 Å². The SMILES string of the molecule is CCCCC(CCC(=O)[C@@](CCC1=CCO1)(C(=O)O)C1CCCC1)C(F)(F)F. The smallest absolute Gasteiger partial charge is 0.391 e. The summed E-state index contributed by atoms with van der Waals surface area (Å²) in [5.41, 5.74) is -1.60. The number of rotatable bonds is 12. The molecule has 0 bridgehead atoms. The summed E-state index contributed by atoms with van der Waals surface area (Å²) in [6, 6.07) is 0. The van der Waals surface area contributed by atoms with Gasteiger partial charge in [0.1, 0.15) is 17.8 Å². The Morgan fingerprint density at radius 1 is 1.25 bits per heavy atom. The Morgan fingerprint density at radius 2 is 1.89 bits per heavy atom. The van der Waals surface area contributed by atoms with E-state index in [1.165, 1.54) is 0 Å². The van der Waals surface area contributed by atoms with Crippen LogP contribution in [0.3, 0.4) is 0 Å². The molecule has 0 aromatic heterocycles. The van der Waals surface area contributed by atoms with Crippen molar-refractivity contribution in [1.29, 1.82) is 0 Å². The van der Waals surface area contributed by atoms with Crippen LogP contribution in [0, 0.1) is 17.3 Å². The lowest BCUT2D eigenvalue weighted by atomic mass is 9.66. The number of carboxylic acids is 1.